The fraction of sp³-hybridized carbons (Fsp3) is 0.462. The number of amides is 2. The van der Waals surface area contributed by atoms with Crippen molar-refractivity contribution in [2.24, 2.45) is 5.73 Å². The molecule has 1 rings (SSSR count). The van der Waals surface area contributed by atoms with Crippen LogP contribution in [0.25, 0.3) is 0 Å². The van der Waals surface area contributed by atoms with Gasteiger partial charge in [0.15, 0.2) is 0 Å². The lowest BCUT2D eigenvalue weighted by atomic mass is 10.1. The van der Waals surface area contributed by atoms with Gasteiger partial charge in [-0.15, -0.1) is 0 Å². The predicted molar refractivity (Wildman–Crippen MR) is 79.0 cm³/mol. The van der Waals surface area contributed by atoms with Crippen LogP contribution >= 0.6 is 11.8 Å². The molecule has 0 radical (unpaired) electrons. The molecular weight excluding hydrogens is 246 g/mol. The van der Waals surface area contributed by atoms with Gasteiger partial charge in [-0.2, -0.15) is 11.8 Å². The lowest BCUT2D eigenvalue weighted by molar-refractivity contribution is 0.252. The molecule has 5 heteroatoms. The Labute approximate surface area is 113 Å². The summed E-state index contributed by atoms with van der Waals surface area (Å²) < 4.78 is 0. The molecule has 0 saturated heterocycles. The highest BCUT2D eigenvalue weighted by Crippen LogP contribution is 2.14. The van der Waals surface area contributed by atoms with Crippen molar-refractivity contribution >= 4 is 23.5 Å². The van der Waals surface area contributed by atoms with Gasteiger partial charge in [-0.25, -0.2) is 4.79 Å². The molecule has 4 N–H and O–H groups in total. The number of carbonyl (C=O) groups excluding carboxylic acids is 1. The first-order chi connectivity index (χ1) is 8.52. The third kappa shape index (κ3) is 4.98. The average Bonchev–Trinajstić information content (AvgIpc) is 2.36. The van der Waals surface area contributed by atoms with Crippen LogP contribution in [0, 0.1) is 0 Å². The van der Waals surface area contributed by atoms with Crippen LogP contribution in [0.2, 0.25) is 0 Å². The fourth-order valence-electron chi connectivity index (χ4n) is 1.37. The number of nitrogens with two attached hydrogens (primary N) is 1. The number of thioether (sulfide) groups is 1. The SMILES string of the molecule is CSC(C)CNC(=O)Nc1ccc(C(C)N)cc1. The second-order valence-electron chi connectivity index (χ2n) is 4.29. The van der Waals surface area contributed by atoms with E-state index < -0.39 is 0 Å². The van der Waals surface area contributed by atoms with Crippen LogP contribution in [0.5, 0.6) is 0 Å². The third-order valence-corrected chi connectivity index (χ3v) is 3.62. The van der Waals surface area contributed by atoms with Crippen molar-refractivity contribution < 1.29 is 4.79 Å². The molecule has 18 heavy (non-hydrogen) atoms. The monoisotopic (exact) mass is 267 g/mol. The molecule has 0 aliphatic rings. The van der Waals surface area contributed by atoms with Crippen molar-refractivity contribution in [3.63, 3.8) is 0 Å². The van der Waals surface area contributed by atoms with Gasteiger partial charge in [0.05, 0.1) is 0 Å². The smallest absolute Gasteiger partial charge is 0.319 e. The Bertz CT molecular complexity index is 378. The predicted octanol–water partition coefficient (Wildman–Crippen LogP) is 2.58. The third-order valence-electron chi connectivity index (χ3n) is 2.65. The van der Waals surface area contributed by atoms with E-state index >= 15 is 0 Å². The quantitative estimate of drug-likeness (QED) is 0.768. The Morgan fingerprint density at radius 3 is 2.44 bits per heavy atom. The highest BCUT2D eigenvalue weighted by atomic mass is 32.2. The highest BCUT2D eigenvalue weighted by Gasteiger charge is 2.05. The van der Waals surface area contributed by atoms with Crippen LogP contribution in [0.3, 0.4) is 0 Å². The van der Waals surface area contributed by atoms with Crippen molar-refractivity contribution in [1.82, 2.24) is 5.32 Å². The van der Waals surface area contributed by atoms with Gasteiger partial charge in [-0.05, 0) is 30.9 Å². The number of hydrogen-bond donors (Lipinski definition) is 3. The maximum atomic E-state index is 11.6. The highest BCUT2D eigenvalue weighted by molar-refractivity contribution is 7.99. The fourth-order valence-corrected chi connectivity index (χ4v) is 1.62. The van der Waals surface area contributed by atoms with Crippen LogP contribution < -0.4 is 16.4 Å². The Hall–Kier alpha value is -1.20. The number of rotatable bonds is 5. The zero-order chi connectivity index (χ0) is 13.5. The van der Waals surface area contributed by atoms with Crippen LogP contribution in [0.4, 0.5) is 10.5 Å². The topological polar surface area (TPSA) is 67.2 Å². The Morgan fingerprint density at radius 1 is 1.33 bits per heavy atom. The van der Waals surface area contributed by atoms with Crippen LogP contribution in [0.1, 0.15) is 25.5 Å². The molecule has 0 aliphatic heterocycles. The van der Waals surface area contributed by atoms with E-state index in [4.69, 9.17) is 5.73 Å². The second kappa shape index (κ2) is 7.28. The molecule has 0 fully saturated rings. The van der Waals surface area contributed by atoms with Crippen molar-refractivity contribution in [2.75, 3.05) is 18.1 Å². The van der Waals surface area contributed by atoms with Gasteiger partial charge in [0.25, 0.3) is 0 Å². The van der Waals surface area contributed by atoms with Gasteiger partial charge in [0.2, 0.25) is 0 Å². The Morgan fingerprint density at radius 2 is 1.94 bits per heavy atom. The summed E-state index contributed by atoms with van der Waals surface area (Å²) in [5.41, 5.74) is 7.58. The molecule has 0 saturated carbocycles. The number of carbonyl (C=O) groups is 1. The minimum atomic E-state index is -0.176. The maximum Gasteiger partial charge on any atom is 0.319 e. The molecule has 0 aliphatic carbocycles. The molecule has 4 nitrogen and oxygen atoms in total. The normalized spacial score (nSPS) is 13.8. The lowest BCUT2D eigenvalue weighted by Crippen LogP contribution is -2.33. The number of benzene rings is 1. The largest absolute Gasteiger partial charge is 0.337 e. The van der Waals surface area contributed by atoms with E-state index in [9.17, 15) is 4.79 Å². The minimum Gasteiger partial charge on any atom is -0.337 e. The van der Waals surface area contributed by atoms with E-state index in [0.717, 1.165) is 11.3 Å². The molecule has 0 aromatic heterocycles. The first kappa shape index (κ1) is 14.9. The van der Waals surface area contributed by atoms with Crippen molar-refractivity contribution in [3.05, 3.63) is 29.8 Å². The van der Waals surface area contributed by atoms with Gasteiger partial charge >= 0.3 is 6.03 Å². The standard InChI is InChI=1S/C13H21N3OS/c1-9(18-3)8-15-13(17)16-12-6-4-11(5-7-12)10(2)14/h4-7,9-10H,8,14H2,1-3H3,(H2,15,16,17). The first-order valence-corrected chi connectivity index (χ1v) is 7.25. The van der Waals surface area contributed by atoms with E-state index in [-0.39, 0.29) is 12.1 Å². The molecular formula is C13H21N3OS. The van der Waals surface area contributed by atoms with Crippen molar-refractivity contribution in [2.45, 2.75) is 25.1 Å². The van der Waals surface area contributed by atoms with Gasteiger partial charge in [0.1, 0.15) is 0 Å². The summed E-state index contributed by atoms with van der Waals surface area (Å²) in [7, 11) is 0. The average molecular weight is 267 g/mol. The van der Waals surface area contributed by atoms with E-state index in [2.05, 4.69) is 17.6 Å². The molecule has 2 atom stereocenters. The Balaban J connectivity index is 2.44. The molecule has 2 amide bonds. The molecule has 100 valence electrons. The molecule has 1 aromatic rings. The summed E-state index contributed by atoms with van der Waals surface area (Å²) in [5, 5.41) is 6.02. The maximum absolute atomic E-state index is 11.6. The number of hydrogen-bond acceptors (Lipinski definition) is 3. The molecule has 1 aromatic carbocycles. The Kier molecular flexibility index (Phi) is 6.01. The van der Waals surface area contributed by atoms with E-state index in [1.165, 1.54) is 0 Å². The summed E-state index contributed by atoms with van der Waals surface area (Å²) in [6.07, 6.45) is 2.02. The van der Waals surface area contributed by atoms with Crippen LogP contribution in [-0.4, -0.2) is 24.1 Å². The lowest BCUT2D eigenvalue weighted by Gasteiger charge is -2.12. The second-order valence-corrected chi connectivity index (χ2v) is 5.57. The van der Waals surface area contributed by atoms with E-state index in [1.54, 1.807) is 11.8 Å². The van der Waals surface area contributed by atoms with Crippen LogP contribution in [0.15, 0.2) is 24.3 Å². The molecule has 0 bridgehead atoms. The zero-order valence-electron chi connectivity index (χ0n) is 11.1. The summed E-state index contributed by atoms with van der Waals surface area (Å²) in [4.78, 5) is 11.6. The van der Waals surface area contributed by atoms with Gasteiger partial charge < -0.3 is 16.4 Å². The van der Waals surface area contributed by atoms with E-state index in [1.807, 2.05) is 37.4 Å². The molecule has 0 spiro atoms. The van der Waals surface area contributed by atoms with E-state index in [0.29, 0.717) is 11.8 Å². The number of anilines is 1. The zero-order valence-corrected chi connectivity index (χ0v) is 11.9. The van der Waals surface area contributed by atoms with Gasteiger partial charge in [-0.3, -0.25) is 0 Å². The number of nitrogens with one attached hydrogen (secondary N) is 2. The molecule has 2 unspecified atom stereocenters. The minimum absolute atomic E-state index is 0.00954. The summed E-state index contributed by atoms with van der Waals surface area (Å²) in [6.45, 7) is 4.66. The van der Waals surface area contributed by atoms with Crippen molar-refractivity contribution in [3.8, 4) is 0 Å². The van der Waals surface area contributed by atoms with Crippen LogP contribution in [-0.2, 0) is 0 Å². The summed E-state index contributed by atoms with van der Waals surface area (Å²) >= 11 is 1.72. The van der Waals surface area contributed by atoms with Crippen molar-refractivity contribution in [1.29, 1.82) is 0 Å². The molecule has 0 heterocycles. The van der Waals surface area contributed by atoms with Gasteiger partial charge in [-0.1, -0.05) is 19.1 Å². The summed E-state index contributed by atoms with van der Waals surface area (Å²) in [6, 6.07) is 7.39. The van der Waals surface area contributed by atoms with Gasteiger partial charge in [0, 0.05) is 23.5 Å². The summed E-state index contributed by atoms with van der Waals surface area (Å²) in [5.74, 6) is 0. The first-order valence-electron chi connectivity index (χ1n) is 5.96. The number of urea groups is 1.